The zero-order valence-corrected chi connectivity index (χ0v) is 16.0. The highest BCUT2D eigenvalue weighted by Crippen LogP contribution is 2.30. The quantitative estimate of drug-likeness (QED) is 0.502. The Hall–Kier alpha value is -3.00. The maximum atomic E-state index is 11.5. The number of nitrogens with zero attached hydrogens (tertiary/aromatic N) is 1. The number of rotatable bonds is 5. The number of esters is 1. The Morgan fingerprint density at radius 3 is 2.33 bits per heavy atom. The first-order chi connectivity index (χ1) is 14.4. The van der Waals surface area contributed by atoms with Gasteiger partial charge in [0.05, 0.1) is 24.8 Å². The van der Waals surface area contributed by atoms with E-state index in [2.05, 4.69) is 4.74 Å². The van der Waals surface area contributed by atoms with Crippen LogP contribution in [0, 0.1) is 11.3 Å². The van der Waals surface area contributed by atoms with Crippen LogP contribution in [0.2, 0.25) is 0 Å². The van der Waals surface area contributed by atoms with Gasteiger partial charge in [-0.25, -0.2) is 4.79 Å². The largest absolute Gasteiger partial charge is 0.465 e. The normalized spacial score (nSPS) is 25.9. The monoisotopic (exact) mass is 415 g/mol. The minimum absolute atomic E-state index is 0.0942. The van der Waals surface area contributed by atoms with Crippen molar-refractivity contribution in [3.63, 3.8) is 0 Å². The molecule has 1 fully saturated rings. The van der Waals surface area contributed by atoms with Crippen LogP contribution in [-0.2, 0) is 9.47 Å². The Kier molecular flexibility index (Phi) is 6.66. The van der Waals surface area contributed by atoms with E-state index in [9.17, 15) is 30.5 Å². The van der Waals surface area contributed by atoms with E-state index in [0.29, 0.717) is 11.1 Å². The SMILES string of the molecule is COC(=O)c1ccc(-c2ccc(O[C@H]3O[C@H](CO)[C@@H](O)[C@H](O)[C@@H]3O)c(C#N)c2)cc1. The third-order valence-electron chi connectivity index (χ3n) is 4.83. The number of aliphatic hydroxyl groups excluding tert-OH is 4. The van der Waals surface area contributed by atoms with Crippen LogP contribution in [-0.4, -0.2) is 70.8 Å². The van der Waals surface area contributed by atoms with Crippen molar-refractivity contribution in [2.45, 2.75) is 30.7 Å². The summed E-state index contributed by atoms with van der Waals surface area (Å²) in [5.41, 5.74) is 1.97. The van der Waals surface area contributed by atoms with E-state index in [1.165, 1.54) is 13.2 Å². The van der Waals surface area contributed by atoms with E-state index in [0.717, 1.165) is 5.56 Å². The molecule has 1 heterocycles. The molecule has 5 atom stereocenters. The summed E-state index contributed by atoms with van der Waals surface area (Å²) < 4.78 is 15.5. The van der Waals surface area contributed by atoms with Crippen LogP contribution in [0.3, 0.4) is 0 Å². The molecule has 1 aliphatic heterocycles. The van der Waals surface area contributed by atoms with Crippen LogP contribution in [0.4, 0.5) is 0 Å². The lowest BCUT2D eigenvalue weighted by molar-refractivity contribution is -0.277. The van der Waals surface area contributed by atoms with Crippen molar-refractivity contribution in [1.82, 2.24) is 0 Å². The minimum Gasteiger partial charge on any atom is -0.465 e. The van der Waals surface area contributed by atoms with Gasteiger partial charge in [0.15, 0.2) is 0 Å². The molecular formula is C21H21NO8. The van der Waals surface area contributed by atoms with Crippen LogP contribution in [0.25, 0.3) is 11.1 Å². The van der Waals surface area contributed by atoms with Gasteiger partial charge in [0, 0.05) is 0 Å². The number of carbonyl (C=O) groups is 1. The molecule has 1 aliphatic rings. The van der Waals surface area contributed by atoms with Gasteiger partial charge in [-0.3, -0.25) is 0 Å². The van der Waals surface area contributed by atoms with Crippen LogP contribution < -0.4 is 4.74 Å². The summed E-state index contributed by atoms with van der Waals surface area (Å²) in [5, 5.41) is 48.6. The highest BCUT2D eigenvalue weighted by atomic mass is 16.7. The molecule has 9 heteroatoms. The molecule has 0 amide bonds. The summed E-state index contributed by atoms with van der Waals surface area (Å²) in [7, 11) is 1.30. The molecule has 158 valence electrons. The van der Waals surface area contributed by atoms with Gasteiger partial charge in [-0.05, 0) is 35.4 Å². The lowest BCUT2D eigenvalue weighted by atomic mass is 9.99. The van der Waals surface area contributed by atoms with Gasteiger partial charge in [0.25, 0.3) is 0 Å². The predicted octanol–water partition coefficient (Wildman–Crippen LogP) is 0.191. The van der Waals surface area contributed by atoms with Crippen LogP contribution >= 0.6 is 0 Å². The van der Waals surface area contributed by atoms with Crippen molar-refractivity contribution in [2.75, 3.05) is 13.7 Å². The zero-order chi connectivity index (χ0) is 21.8. The van der Waals surface area contributed by atoms with Crippen molar-refractivity contribution in [3.05, 3.63) is 53.6 Å². The summed E-state index contributed by atoms with van der Waals surface area (Å²) in [6, 6.07) is 13.4. The summed E-state index contributed by atoms with van der Waals surface area (Å²) in [5.74, 6) is -0.362. The van der Waals surface area contributed by atoms with Gasteiger partial charge in [0.1, 0.15) is 36.2 Å². The van der Waals surface area contributed by atoms with Gasteiger partial charge < -0.3 is 34.6 Å². The van der Waals surface area contributed by atoms with E-state index in [1.807, 2.05) is 6.07 Å². The summed E-state index contributed by atoms with van der Waals surface area (Å²) in [4.78, 5) is 11.5. The molecule has 2 aromatic carbocycles. The Balaban J connectivity index is 1.82. The van der Waals surface area contributed by atoms with Gasteiger partial charge in [-0.1, -0.05) is 18.2 Å². The molecule has 0 unspecified atom stereocenters. The smallest absolute Gasteiger partial charge is 0.337 e. The maximum absolute atomic E-state index is 11.5. The third kappa shape index (κ3) is 4.28. The number of benzene rings is 2. The van der Waals surface area contributed by atoms with Gasteiger partial charge in [-0.2, -0.15) is 5.26 Å². The average Bonchev–Trinajstić information content (AvgIpc) is 2.79. The molecule has 0 aliphatic carbocycles. The second kappa shape index (κ2) is 9.21. The van der Waals surface area contributed by atoms with E-state index in [-0.39, 0.29) is 11.3 Å². The number of carbonyl (C=O) groups excluding carboxylic acids is 1. The van der Waals surface area contributed by atoms with Crippen molar-refractivity contribution < 1.29 is 39.4 Å². The highest BCUT2D eigenvalue weighted by molar-refractivity contribution is 5.90. The Labute approximate surface area is 172 Å². The number of hydrogen-bond donors (Lipinski definition) is 4. The third-order valence-corrected chi connectivity index (χ3v) is 4.83. The molecular weight excluding hydrogens is 394 g/mol. The van der Waals surface area contributed by atoms with Crippen molar-refractivity contribution >= 4 is 5.97 Å². The van der Waals surface area contributed by atoms with E-state index in [4.69, 9.17) is 9.47 Å². The molecule has 0 spiro atoms. The molecule has 0 radical (unpaired) electrons. The first kappa shape index (κ1) is 21.7. The lowest BCUT2D eigenvalue weighted by Crippen LogP contribution is -2.60. The predicted molar refractivity (Wildman–Crippen MR) is 102 cm³/mol. The summed E-state index contributed by atoms with van der Waals surface area (Å²) in [6.07, 6.45) is -7.18. The zero-order valence-electron chi connectivity index (χ0n) is 16.0. The lowest BCUT2D eigenvalue weighted by Gasteiger charge is -2.39. The molecule has 9 nitrogen and oxygen atoms in total. The number of ether oxygens (including phenoxy) is 3. The second-order valence-corrected chi connectivity index (χ2v) is 6.71. The van der Waals surface area contributed by atoms with Crippen LogP contribution in [0.1, 0.15) is 15.9 Å². The number of hydrogen-bond acceptors (Lipinski definition) is 9. The average molecular weight is 415 g/mol. The van der Waals surface area contributed by atoms with E-state index in [1.54, 1.807) is 36.4 Å². The molecule has 30 heavy (non-hydrogen) atoms. The molecule has 0 saturated carbocycles. The highest BCUT2D eigenvalue weighted by Gasteiger charge is 2.44. The molecule has 2 aromatic rings. The van der Waals surface area contributed by atoms with Gasteiger partial charge >= 0.3 is 5.97 Å². The molecule has 0 bridgehead atoms. The van der Waals surface area contributed by atoms with E-state index < -0.39 is 43.3 Å². The van der Waals surface area contributed by atoms with Crippen molar-refractivity contribution in [2.24, 2.45) is 0 Å². The molecule has 4 N–H and O–H groups in total. The fraction of sp³-hybridized carbons (Fsp3) is 0.333. The van der Waals surface area contributed by atoms with Gasteiger partial charge in [-0.15, -0.1) is 0 Å². The van der Waals surface area contributed by atoms with Crippen molar-refractivity contribution in [1.29, 1.82) is 5.26 Å². The van der Waals surface area contributed by atoms with Crippen LogP contribution in [0.5, 0.6) is 5.75 Å². The minimum atomic E-state index is -1.58. The number of aliphatic hydroxyl groups is 4. The van der Waals surface area contributed by atoms with Gasteiger partial charge in [0.2, 0.25) is 6.29 Å². The van der Waals surface area contributed by atoms with E-state index >= 15 is 0 Å². The summed E-state index contributed by atoms with van der Waals surface area (Å²) >= 11 is 0. The Bertz CT molecular complexity index is 937. The molecule has 0 aromatic heterocycles. The molecule has 3 rings (SSSR count). The first-order valence-electron chi connectivity index (χ1n) is 9.09. The van der Waals surface area contributed by atoms with Crippen molar-refractivity contribution in [3.8, 4) is 22.9 Å². The van der Waals surface area contributed by atoms with Crippen LogP contribution in [0.15, 0.2) is 42.5 Å². The Morgan fingerprint density at radius 1 is 1.07 bits per heavy atom. The number of methoxy groups -OCH3 is 1. The Morgan fingerprint density at radius 2 is 1.73 bits per heavy atom. The summed E-state index contributed by atoms with van der Waals surface area (Å²) in [6.45, 7) is -0.587. The second-order valence-electron chi connectivity index (χ2n) is 6.71. The fourth-order valence-corrected chi connectivity index (χ4v) is 3.11. The topological polar surface area (TPSA) is 149 Å². The maximum Gasteiger partial charge on any atom is 0.337 e. The number of nitriles is 1. The fourth-order valence-electron chi connectivity index (χ4n) is 3.11. The molecule has 1 saturated heterocycles. The standard InChI is InChI=1S/C21H21NO8/c1-28-20(27)12-4-2-11(3-5-12)13-6-7-15(14(8-13)9-22)29-21-19(26)18(25)17(24)16(10-23)30-21/h2-8,16-19,21,23-26H,10H2,1H3/t16-,17-,18+,19+,21+/m1/s1. The first-order valence-corrected chi connectivity index (χ1v) is 9.09.